The van der Waals surface area contributed by atoms with Crippen LogP contribution in [-0.2, 0) is 4.79 Å². The van der Waals surface area contributed by atoms with Gasteiger partial charge < -0.3 is 14.8 Å². The lowest BCUT2D eigenvalue weighted by atomic mass is 10.0. The summed E-state index contributed by atoms with van der Waals surface area (Å²) < 4.78 is 11.7. The van der Waals surface area contributed by atoms with E-state index in [-0.39, 0.29) is 5.91 Å². The number of nitrogens with one attached hydrogen (secondary N) is 1. The van der Waals surface area contributed by atoms with Gasteiger partial charge in [0.25, 0.3) is 5.91 Å². The second kappa shape index (κ2) is 9.45. The van der Waals surface area contributed by atoms with Crippen molar-refractivity contribution in [2.24, 2.45) is 0 Å². The van der Waals surface area contributed by atoms with Gasteiger partial charge in [0.05, 0.1) is 6.54 Å². The van der Waals surface area contributed by atoms with Gasteiger partial charge in [0, 0.05) is 0 Å². The molecule has 2 aromatic carbocycles. The standard InChI is InChI=1S/C23H31NO3/c1-15(2)20-9-7-17(4)14-22(20)27-19(6)23(25)24-11-12-26-21-10-8-16(3)13-18(21)5/h7-10,13-15,19H,11-12H2,1-6H3,(H,24,25)/t19-/m1/s1. The Morgan fingerprint density at radius 3 is 2.30 bits per heavy atom. The lowest BCUT2D eigenvalue weighted by Gasteiger charge is -2.19. The van der Waals surface area contributed by atoms with E-state index in [1.165, 1.54) is 5.56 Å². The lowest BCUT2D eigenvalue weighted by molar-refractivity contribution is -0.127. The van der Waals surface area contributed by atoms with Crippen molar-refractivity contribution in [3.05, 3.63) is 58.7 Å². The van der Waals surface area contributed by atoms with Crippen LogP contribution in [0, 0.1) is 20.8 Å². The normalized spacial score (nSPS) is 12.0. The molecule has 2 aromatic rings. The van der Waals surface area contributed by atoms with Gasteiger partial charge in [-0.3, -0.25) is 4.79 Å². The Balaban J connectivity index is 1.85. The Labute approximate surface area is 162 Å². The molecule has 1 amide bonds. The highest BCUT2D eigenvalue weighted by Crippen LogP contribution is 2.28. The number of benzene rings is 2. The highest BCUT2D eigenvalue weighted by molar-refractivity contribution is 5.80. The minimum absolute atomic E-state index is 0.143. The zero-order chi connectivity index (χ0) is 20.0. The average Bonchev–Trinajstić information content (AvgIpc) is 2.59. The molecule has 0 bridgehead atoms. The van der Waals surface area contributed by atoms with Gasteiger partial charge in [-0.1, -0.05) is 43.7 Å². The molecule has 4 nitrogen and oxygen atoms in total. The number of hydrogen-bond donors (Lipinski definition) is 1. The van der Waals surface area contributed by atoms with Crippen LogP contribution in [0.5, 0.6) is 11.5 Å². The highest BCUT2D eigenvalue weighted by Gasteiger charge is 2.17. The molecule has 0 spiro atoms. The maximum Gasteiger partial charge on any atom is 0.260 e. The molecular formula is C23H31NO3. The summed E-state index contributed by atoms with van der Waals surface area (Å²) in [6.45, 7) is 13.0. The average molecular weight is 370 g/mol. The first-order chi connectivity index (χ1) is 12.8. The molecule has 146 valence electrons. The molecule has 1 N–H and O–H groups in total. The van der Waals surface area contributed by atoms with Gasteiger partial charge >= 0.3 is 0 Å². The number of hydrogen-bond acceptors (Lipinski definition) is 3. The highest BCUT2D eigenvalue weighted by atomic mass is 16.5. The topological polar surface area (TPSA) is 47.6 Å². The quantitative estimate of drug-likeness (QED) is 0.686. The van der Waals surface area contributed by atoms with Crippen molar-refractivity contribution >= 4 is 5.91 Å². The minimum Gasteiger partial charge on any atom is -0.491 e. The van der Waals surface area contributed by atoms with Crippen molar-refractivity contribution in [1.82, 2.24) is 5.32 Å². The number of carbonyl (C=O) groups excluding carboxylic acids is 1. The summed E-state index contributed by atoms with van der Waals surface area (Å²) in [5.41, 5.74) is 4.53. The smallest absolute Gasteiger partial charge is 0.260 e. The largest absolute Gasteiger partial charge is 0.491 e. The third-order valence-electron chi connectivity index (χ3n) is 4.45. The monoisotopic (exact) mass is 369 g/mol. The van der Waals surface area contributed by atoms with Gasteiger partial charge in [-0.05, 0) is 62.4 Å². The van der Waals surface area contributed by atoms with E-state index in [0.29, 0.717) is 19.1 Å². The summed E-state index contributed by atoms with van der Waals surface area (Å²) in [6, 6.07) is 12.2. The first-order valence-corrected chi connectivity index (χ1v) is 9.53. The van der Waals surface area contributed by atoms with Crippen LogP contribution in [0.15, 0.2) is 36.4 Å². The van der Waals surface area contributed by atoms with Crippen molar-refractivity contribution in [2.75, 3.05) is 13.2 Å². The Kier molecular flexibility index (Phi) is 7.28. The van der Waals surface area contributed by atoms with Crippen molar-refractivity contribution in [2.45, 2.75) is 53.6 Å². The van der Waals surface area contributed by atoms with Crippen LogP contribution >= 0.6 is 0 Å². The molecule has 0 radical (unpaired) electrons. The zero-order valence-corrected chi connectivity index (χ0v) is 17.3. The van der Waals surface area contributed by atoms with Gasteiger partial charge in [0.1, 0.15) is 18.1 Å². The second-order valence-corrected chi connectivity index (χ2v) is 7.36. The number of amides is 1. The van der Waals surface area contributed by atoms with E-state index in [9.17, 15) is 4.79 Å². The van der Waals surface area contributed by atoms with Crippen molar-refractivity contribution in [1.29, 1.82) is 0 Å². The van der Waals surface area contributed by atoms with Crippen molar-refractivity contribution < 1.29 is 14.3 Å². The SMILES string of the molecule is Cc1ccc(OCCNC(=O)[C@@H](C)Oc2cc(C)ccc2C(C)C)c(C)c1. The molecule has 0 aliphatic rings. The fraction of sp³-hybridized carbons (Fsp3) is 0.435. The van der Waals surface area contributed by atoms with Crippen LogP contribution in [0.25, 0.3) is 0 Å². The van der Waals surface area contributed by atoms with Crippen LogP contribution in [0.4, 0.5) is 0 Å². The molecule has 0 aliphatic heterocycles. The maximum absolute atomic E-state index is 12.3. The number of ether oxygens (including phenoxy) is 2. The van der Waals surface area contributed by atoms with E-state index < -0.39 is 6.10 Å². The minimum atomic E-state index is -0.564. The Bertz CT molecular complexity index is 783. The Hall–Kier alpha value is -2.49. The second-order valence-electron chi connectivity index (χ2n) is 7.36. The summed E-state index contributed by atoms with van der Waals surface area (Å²) in [4.78, 5) is 12.3. The molecule has 0 fully saturated rings. The van der Waals surface area contributed by atoms with Gasteiger partial charge in [-0.25, -0.2) is 0 Å². The molecule has 4 heteroatoms. The molecule has 27 heavy (non-hydrogen) atoms. The predicted octanol–water partition coefficient (Wildman–Crippen LogP) is 4.70. The summed E-state index contributed by atoms with van der Waals surface area (Å²) >= 11 is 0. The van der Waals surface area contributed by atoms with E-state index in [4.69, 9.17) is 9.47 Å². The Morgan fingerprint density at radius 1 is 0.963 bits per heavy atom. The van der Waals surface area contributed by atoms with E-state index in [0.717, 1.165) is 28.2 Å². The third-order valence-corrected chi connectivity index (χ3v) is 4.45. The lowest BCUT2D eigenvalue weighted by Crippen LogP contribution is -2.38. The van der Waals surface area contributed by atoms with Crippen LogP contribution in [0.1, 0.15) is 48.9 Å². The number of aryl methyl sites for hydroxylation is 3. The molecule has 2 rings (SSSR count). The third kappa shape index (κ3) is 6.02. The Morgan fingerprint density at radius 2 is 1.63 bits per heavy atom. The van der Waals surface area contributed by atoms with Gasteiger partial charge in [-0.15, -0.1) is 0 Å². The van der Waals surface area contributed by atoms with E-state index in [1.54, 1.807) is 6.92 Å². The van der Waals surface area contributed by atoms with Crippen molar-refractivity contribution in [3.63, 3.8) is 0 Å². The zero-order valence-electron chi connectivity index (χ0n) is 17.3. The molecule has 0 saturated heterocycles. The fourth-order valence-corrected chi connectivity index (χ4v) is 2.90. The summed E-state index contributed by atoms with van der Waals surface area (Å²) in [5.74, 6) is 1.82. The maximum atomic E-state index is 12.3. The molecule has 0 aromatic heterocycles. The summed E-state index contributed by atoms with van der Waals surface area (Å²) in [7, 11) is 0. The van der Waals surface area contributed by atoms with E-state index in [1.807, 2.05) is 32.0 Å². The molecule has 0 unspecified atom stereocenters. The molecule has 0 saturated carbocycles. The molecule has 1 atom stereocenters. The molecule has 0 aliphatic carbocycles. The van der Waals surface area contributed by atoms with E-state index in [2.05, 4.69) is 44.3 Å². The predicted molar refractivity (Wildman–Crippen MR) is 110 cm³/mol. The van der Waals surface area contributed by atoms with Gasteiger partial charge in [-0.2, -0.15) is 0 Å². The molecule has 0 heterocycles. The fourth-order valence-electron chi connectivity index (χ4n) is 2.90. The van der Waals surface area contributed by atoms with Crippen molar-refractivity contribution in [3.8, 4) is 11.5 Å². The number of rotatable bonds is 8. The molecular weight excluding hydrogens is 338 g/mol. The first kappa shape index (κ1) is 20.8. The van der Waals surface area contributed by atoms with Gasteiger partial charge in [0.2, 0.25) is 0 Å². The van der Waals surface area contributed by atoms with Crippen LogP contribution in [0.2, 0.25) is 0 Å². The van der Waals surface area contributed by atoms with Gasteiger partial charge in [0.15, 0.2) is 6.10 Å². The van der Waals surface area contributed by atoms with Crippen LogP contribution < -0.4 is 14.8 Å². The van der Waals surface area contributed by atoms with Crippen LogP contribution in [-0.4, -0.2) is 25.2 Å². The van der Waals surface area contributed by atoms with E-state index >= 15 is 0 Å². The summed E-state index contributed by atoms with van der Waals surface area (Å²) in [6.07, 6.45) is -0.564. The number of carbonyl (C=O) groups is 1. The first-order valence-electron chi connectivity index (χ1n) is 9.53. The van der Waals surface area contributed by atoms with Crippen LogP contribution in [0.3, 0.4) is 0 Å². The summed E-state index contributed by atoms with van der Waals surface area (Å²) in [5, 5.41) is 2.88.